The number of fused-ring (bicyclic) bond motifs is 1. The van der Waals surface area contributed by atoms with Crippen LogP contribution in [0.5, 0.6) is 0 Å². The van der Waals surface area contributed by atoms with Crippen molar-refractivity contribution in [3.05, 3.63) is 35.1 Å². The summed E-state index contributed by atoms with van der Waals surface area (Å²) >= 11 is 0. The number of hydrogen-bond donors (Lipinski definition) is 2. The largest absolute Gasteiger partial charge is 0.444 e. The third-order valence-electron chi connectivity index (χ3n) is 5.15. The van der Waals surface area contributed by atoms with Crippen LogP contribution < -0.4 is 11.1 Å². The molecule has 0 radical (unpaired) electrons. The Bertz CT molecular complexity index is 931. The lowest BCUT2D eigenvalue weighted by molar-refractivity contribution is -0.136. The van der Waals surface area contributed by atoms with Gasteiger partial charge in [0.15, 0.2) is 0 Å². The molecule has 0 aromatic heterocycles. The zero-order valence-electron chi connectivity index (χ0n) is 18.2. The van der Waals surface area contributed by atoms with E-state index in [1.807, 2.05) is 0 Å². The number of amides is 4. The molecule has 1 aromatic rings. The average molecular weight is 450 g/mol. The van der Waals surface area contributed by atoms with E-state index in [0.717, 1.165) is 0 Å². The number of carbonyl (C=O) groups excluding carboxylic acids is 4. The normalized spacial score (nSPS) is 20.0. The minimum atomic E-state index is -0.978. The van der Waals surface area contributed by atoms with Crippen LogP contribution in [0.2, 0.25) is 0 Å². The van der Waals surface area contributed by atoms with Crippen molar-refractivity contribution in [2.24, 2.45) is 5.73 Å². The van der Waals surface area contributed by atoms with Gasteiger partial charge in [0.1, 0.15) is 30.1 Å². The van der Waals surface area contributed by atoms with Gasteiger partial charge in [-0.3, -0.25) is 14.5 Å². The highest BCUT2D eigenvalue weighted by molar-refractivity contribution is 5.89. The Hall–Kier alpha value is -3.37. The maximum Gasteiger partial charge on any atom is 0.410 e. The summed E-state index contributed by atoms with van der Waals surface area (Å²) < 4.78 is 24.5. The van der Waals surface area contributed by atoms with E-state index in [4.69, 9.17) is 15.2 Å². The third-order valence-corrected chi connectivity index (χ3v) is 5.15. The number of rotatable bonds is 4. The Morgan fingerprint density at radius 1 is 1.22 bits per heavy atom. The zero-order valence-corrected chi connectivity index (χ0v) is 18.2. The number of benzene rings is 1. The van der Waals surface area contributed by atoms with Gasteiger partial charge in [0.2, 0.25) is 11.8 Å². The van der Waals surface area contributed by atoms with E-state index in [2.05, 4.69) is 5.32 Å². The number of halogens is 1. The van der Waals surface area contributed by atoms with Gasteiger partial charge in [-0.05, 0) is 32.4 Å². The van der Waals surface area contributed by atoms with Crippen LogP contribution in [0.3, 0.4) is 0 Å². The first-order valence-electron chi connectivity index (χ1n) is 10.2. The fourth-order valence-corrected chi connectivity index (χ4v) is 3.72. The molecule has 2 heterocycles. The summed E-state index contributed by atoms with van der Waals surface area (Å²) in [6.07, 6.45) is -2.17. The molecule has 10 nitrogen and oxygen atoms in total. The van der Waals surface area contributed by atoms with Crippen LogP contribution in [0.25, 0.3) is 0 Å². The number of carbonyl (C=O) groups is 4. The molecule has 4 amide bonds. The standard InChI is InChI=1S/C21H27FN4O6/c1-21(2,3)32-19(29)24-8-17(27)26-10-13(7-16(26)18(23)28)31-20(30)25-9-12-5-4-6-15(22)14(12)11-25/h4-6,13,16H,7-11H2,1-3H3,(H2,23,28)(H,24,29)/t13?,16-/m0/s1. The quantitative estimate of drug-likeness (QED) is 0.710. The van der Waals surface area contributed by atoms with Gasteiger partial charge < -0.3 is 25.4 Å². The third kappa shape index (κ3) is 5.45. The van der Waals surface area contributed by atoms with Gasteiger partial charge in [-0.2, -0.15) is 0 Å². The summed E-state index contributed by atoms with van der Waals surface area (Å²) in [6.45, 7) is 4.89. The second kappa shape index (κ2) is 9.01. The van der Waals surface area contributed by atoms with Crippen molar-refractivity contribution in [2.45, 2.75) is 58.0 Å². The molecule has 1 unspecified atom stereocenters. The smallest absolute Gasteiger partial charge is 0.410 e. The van der Waals surface area contributed by atoms with Crippen LogP contribution in [0.1, 0.15) is 38.3 Å². The molecule has 1 fully saturated rings. The molecule has 0 bridgehead atoms. The summed E-state index contributed by atoms with van der Waals surface area (Å²) in [6, 6.07) is 3.67. The van der Waals surface area contributed by atoms with Crippen LogP contribution in [-0.4, -0.2) is 64.6 Å². The van der Waals surface area contributed by atoms with E-state index in [9.17, 15) is 23.6 Å². The molecular weight excluding hydrogens is 423 g/mol. The maximum atomic E-state index is 13.9. The van der Waals surface area contributed by atoms with Gasteiger partial charge in [0.25, 0.3) is 0 Å². The molecule has 1 saturated heterocycles. The predicted molar refractivity (Wildman–Crippen MR) is 109 cm³/mol. The molecule has 2 aliphatic rings. The summed E-state index contributed by atoms with van der Waals surface area (Å²) in [4.78, 5) is 51.3. The minimum absolute atomic E-state index is 0.0361. The van der Waals surface area contributed by atoms with Gasteiger partial charge >= 0.3 is 12.2 Å². The van der Waals surface area contributed by atoms with Crippen LogP contribution in [0.15, 0.2) is 18.2 Å². The van der Waals surface area contributed by atoms with E-state index in [-0.39, 0.29) is 31.9 Å². The van der Waals surface area contributed by atoms with Crippen LogP contribution in [0, 0.1) is 5.82 Å². The molecular formula is C21H27FN4O6. The summed E-state index contributed by atoms with van der Waals surface area (Å²) in [7, 11) is 0. The van der Waals surface area contributed by atoms with E-state index < -0.39 is 48.3 Å². The summed E-state index contributed by atoms with van der Waals surface area (Å²) in [5.41, 5.74) is 5.83. The topological polar surface area (TPSA) is 131 Å². The summed E-state index contributed by atoms with van der Waals surface area (Å²) in [5.74, 6) is -1.69. The molecule has 32 heavy (non-hydrogen) atoms. The number of primary amides is 1. The lowest BCUT2D eigenvalue weighted by Crippen LogP contribution is -2.48. The average Bonchev–Trinajstić information content (AvgIpc) is 3.30. The Balaban J connectivity index is 1.56. The van der Waals surface area contributed by atoms with Crippen LogP contribution in [-0.2, 0) is 32.2 Å². The Morgan fingerprint density at radius 2 is 1.94 bits per heavy atom. The Morgan fingerprint density at radius 3 is 2.56 bits per heavy atom. The van der Waals surface area contributed by atoms with E-state index in [1.165, 1.54) is 15.9 Å². The number of ether oxygens (including phenoxy) is 2. The molecule has 1 aromatic carbocycles. The fourth-order valence-electron chi connectivity index (χ4n) is 3.72. The second-order valence-corrected chi connectivity index (χ2v) is 8.79. The predicted octanol–water partition coefficient (Wildman–Crippen LogP) is 1.26. The molecule has 3 rings (SSSR count). The fraction of sp³-hybridized carbons (Fsp3) is 0.524. The van der Waals surface area contributed by atoms with Crippen molar-refractivity contribution >= 4 is 24.0 Å². The molecule has 2 aliphatic heterocycles. The highest BCUT2D eigenvalue weighted by atomic mass is 19.1. The number of alkyl carbamates (subject to hydrolysis) is 1. The van der Waals surface area contributed by atoms with Gasteiger partial charge in [0, 0.05) is 18.5 Å². The number of nitrogens with two attached hydrogens (primary N) is 1. The highest BCUT2D eigenvalue weighted by Crippen LogP contribution is 2.27. The van der Waals surface area contributed by atoms with Crippen molar-refractivity contribution in [2.75, 3.05) is 13.1 Å². The Labute approximate surface area is 184 Å². The second-order valence-electron chi connectivity index (χ2n) is 8.79. The van der Waals surface area contributed by atoms with Gasteiger partial charge in [-0.1, -0.05) is 12.1 Å². The monoisotopic (exact) mass is 450 g/mol. The molecule has 0 aliphatic carbocycles. The van der Waals surface area contributed by atoms with E-state index in [0.29, 0.717) is 11.1 Å². The SMILES string of the molecule is CC(C)(C)OC(=O)NCC(=O)N1CC(OC(=O)N2Cc3cccc(F)c3C2)C[C@H]1C(N)=O. The minimum Gasteiger partial charge on any atom is -0.444 e. The molecule has 3 N–H and O–H groups in total. The number of likely N-dealkylation sites (tertiary alicyclic amines) is 1. The van der Waals surface area contributed by atoms with E-state index >= 15 is 0 Å². The van der Waals surface area contributed by atoms with Gasteiger partial charge in [-0.25, -0.2) is 14.0 Å². The molecule has 174 valence electrons. The van der Waals surface area contributed by atoms with E-state index in [1.54, 1.807) is 32.9 Å². The zero-order chi connectivity index (χ0) is 23.6. The molecule has 0 spiro atoms. The summed E-state index contributed by atoms with van der Waals surface area (Å²) in [5, 5.41) is 2.34. The number of hydrogen-bond acceptors (Lipinski definition) is 6. The van der Waals surface area contributed by atoms with Crippen molar-refractivity contribution in [3.8, 4) is 0 Å². The van der Waals surface area contributed by atoms with Crippen LogP contribution >= 0.6 is 0 Å². The first-order valence-corrected chi connectivity index (χ1v) is 10.2. The maximum absolute atomic E-state index is 13.9. The highest BCUT2D eigenvalue weighted by Gasteiger charge is 2.41. The number of nitrogens with zero attached hydrogens (tertiary/aromatic N) is 2. The molecule has 2 atom stereocenters. The van der Waals surface area contributed by atoms with Crippen molar-refractivity contribution < 1.29 is 33.0 Å². The van der Waals surface area contributed by atoms with Crippen molar-refractivity contribution in [1.29, 1.82) is 0 Å². The first-order chi connectivity index (χ1) is 14.9. The van der Waals surface area contributed by atoms with Crippen molar-refractivity contribution in [1.82, 2.24) is 15.1 Å². The van der Waals surface area contributed by atoms with Gasteiger partial charge in [-0.15, -0.1) is 0 Å². The molecule has 0 saturated carbocycles. The molecule has 11 heteroatoms. The lowest BCUT2D eigenvalue weighted by Gasteiger charge is -2.23. The number of nitrogens with one attached hydrogen (secondary N) is 1. The first kappa shape index (κ1) is 23.3. The van der Waals surface area contributed by atoms with Crippen molar-refractivity contribution in [3.63, 3.8) is 0 Å². The lowest BCUT2D eigenvalue weighted by atomic mass is 10.1. The van der Waals surface area contributed by atoms with Crippen LogP contribution in [0.4, 0.5) is 14.0 Å². The van der Waals surface area contributed by atoms with Gasteiger partial charge in [0.05, 0.1) is 13.1 Å². The Kier molecular flexibility index (Phi) is 6.56.